The van der Waals surface area contributed by atoms with Crippen LogP contribution in [0.3, 0.4) is 0 Å². The summed E-state index contributed by atoms with van der Waals surface area (Å²) in [5.74, 6) is 2.43. The Bertz CT molecular complexity index is 559. The first kappa shape index (κ1) is 13.5. The molecule has 0 amide bonds. The van der Waals surface area contributed by atoms with Gasteiger partial charge < -0.3 is 10.3 Å². The van der Waals surface area contributed by atoms with Crippen molar-refractivity contribution in [1.82, 2.24) is 19.5 Å². The first-order valence-electron chi connectivity index (χ1n) is 6.77. The average Bonchev–Trinajstić information content (AvgIpc) is 2.83. The van der Waals surface area contributed by atoms with Gasteiger partial charge in [-0.25, -0.2) is 15.0 Å². The van der Waals surface area contributed by atoms with Gasteiger partial charge in [0.05, 0.1) is 5.69 Å². The maximum atomic E-state index is 5.97. The van der Waals surface area contributed by atoms with E-state index in [0.29, 0.717) is 12.2 Å². The summed E-state index contributed by atoms with van der Waals surface area (Å²) in [5, 5.41) is 0. The second-order valence-corrected chi connectivity index (χ2v) is 4.65. The monoisotopic (exact) mass is 259 g/mol. The van der Waals surface area contributed by atoms with Crippen molar-refractivity contribution in [3.63, 3.8) is 0 Å². The number of aromatic nitrogens is 4. The number of nitrogens with two attached hydrogens (primary N) is 1. The van der Waals surface area contributed by atoms with Crippen molar-refractivity contribution < 1.29 is 0 Å². The van der Waals surface area contributed by atoms with Crippen LogP contribution < -0.4 is 5.73 Å². The number of nitrogen functional groups attached to an aromatic ring is 1. The second kappa shape index (κ2) is 5.82. The quantitative estimate of drug-likeness (QED) is 0.893. The number of anilines is 1. The molecule has 0 spiro atoms. The number of nitrogens with zero attached hydrogens (tertiary/aromatic N) is 4. The number of imidazole rings is 1. The van der Waals surface area contributed by atoms with Crippen LogP contribution in [-0.2, 0) is 19.4 Å². The number of aryl methyl sites for hydroxylation is 2. The van der Waals surface area contributed by atoms with E-state index in [9.17, 15) is 0 Å². The number of rotatable bonds is 5. The van der Waals surface area contributed by atoms with Gasteiger partial charge in [0, 0.05) is 37.3 Å². The SMILES string of the molecule is CCCc1nc(N)c(C)c(Cc2nccn2CC)n1. The van der Waals surface area contributed by atoms with Crippen molar-refractivity contribution in [3.8, 4) is 0 Å². The highest BCUT2D eigenvalue weighted by Crippen LogP contribution is 2.16. The molecule has 0 radical (unpaired) electrons. The van der Waals surface area contributed by atoms with Crippen molar-refractivity contribution in [3.05, 3.63) is 35.3 Å². The third kappa shape index (κ3) is 2.92. The van der Waals surface area contributed by atoms with Crippen LogP contribution in [0.1, 0.15) is 43.2 Å². The summed E-state index contributed by atoms with van der Waals surface area (Å²) in [4.78, 5) is 13.4. The van der Waals surface area contributed by atoms with Crippen molar-refractivity contribution in [1.29, 1.82) is 0 Å². The summed E-state index contributed by atoms with van der Waals surface area (Å²) in [6.07, 6.45) is 6.40. The summed E-state index contributed by atoms with van der Waals surface area (Å²) >= 11 is 0. The van der Waals surface area contributed by atoms with Gasteiger partial charge in [0.25, 0.3) is 0 Å². The molecule has 19 heavy (non-hydrogen) atoms. The summed E-state index contributed by atoms with van der Waals surface area (Å²) in [6.45, 7) is 7.11. The van der Waals surface area contributed by atoms with Gasteiger partial charge in [-0.1, -0.05) is 6.92 Å². The van der Waals surface area contributed by atoms with E-state index in [0.717, 1.165) is 42.3 Å². The maximum absolute atomic E-state index is 5.97. The lowest BCUT2D eigenvalue weighted by atomic mass is 10.1. The van der Waals surface area contributed by atoms with Crippen molar-refractivity contribution in [2.75, 3.05) is 5.73 Å². The van der Waals surface area contributed by atoms with Gasteiger partial charge in [0.1, 0.15) is 17.5 Å². The summed E-state index contributed by atoms with van der Waals surface area (Å²) < 4.78 is 2.12. The molecule has 2 heterocycles. The van der Waals surface area contributed by atoms with Gasteiger partial charge in [-0.15, -0.1) is 0 Å². The molecule has 2 aromatic heterocycles. The van der Waals surface area contributed by atoms with Crippen LogP contribution in [0, 0.1) is 6.92 Å². The maximum Gasteiger partial charge on any atom is 0.131 e. The van der Waals surface area contributed by atoms with Crippen LogP contribution in [0.25, 0.3) is 0 Å². The molecular weight excluding hydrogens is 238 g/mol. The van der Waals surface area contributed by atoms with Crippen molar-refractivity contribution >= 4 is 5.82 Å². The lowest BCUT2D eigenvalue weighted by Gasteiger charge is -2.10. The fourth-order valence-electron chi connectivity index (χ4n) is 2.09. The minimum Gasteiger partial charge on any atom is -0.383 e. The van der Waals surface area contributed by atoms with E-state index in [1.165, 1.54) is 0 Å². The Kier molecular flexibility index (Phi) is 4.14. The number of hydrogen-bond acceptors (Lipinski definition) is 4. The van der Waals surface area contributed by atoms with Crippen molar-refractivity contribution in [2.45, 2.75) is 46.6 Å². The third-order valence-corrected chi connectivity index (χ3v) is 3.27. The van der Waals surface area contributed by atoms with Crippen LogP contribution >= 0.6 is 0 Å². The van der Waals surface area contributed by atoms with Crippen LogP contribution in [0.5, 0.6) is 0 Å². The number of hydrogen-bond donors (Lipinski definition) is 1. The molecule has 5 heteroatoms. The lowest BCUT2D eigenvalue weighted by Crippen LogP contribution is -2.10. The predicted molar refractivity (Wildman–Crippen MR) is 75.9 cm³/mol. The average molecular weight is 259 g/mol. The van der Waals surface area contributed by atoms with Gasteiger partial charge in [-0.05, 0) is 20.3 Å². The molecule has 102 valence electrons. The highest BCUT2D eigenvalue weighted by Gasteiger charge is 2.11. The minimum atomic E-state index is 0.586. The molecule has 0 aliphatic rings. The topological polar surface area (TPSA) is 69.6 Å². The molecule has 0 atom stereocenters. The normalized spacial score (nSPS) is 10.9. The molecular formula is C14H21N5. The van der Waals surface area contributed by atoms with E-state index in [1.54, 1.807) is 0 Å². The van der Waals surface area contributed by atoms with E-state index >= 15 is 0 Å². The van der Waals surface area contributed by atoms with Gasteiger partial charge in [-0.3, -0.25) is 0 Å². The van der Waals surface area contributed by atoms with Gasteiger partial charge >= 0.3 is 0 Å². The zero-order valence-corrected chi connectivity index (χ0v) is 11.8. The van der Waals surface area contributed by atoms with Gasteiger partial charge in [-0.2, -0.15) is 0 Å². The minimum absolute atomic E-state index is 0.586. The highest BCUT2D eigenvalue weighted by atomic mass is 15.1. The molecule has 2 rings (SSSR count). The zero-order chi connectivity index (χ0) is 13.8. The zero-order valence-electron chi connectivity index (χ0n) is 11.8. The van der Waals surface area contributed by atoms with Crippen molar-refractivity contribution in [2.24, 2.45) is 0 Å². The lowest BCUT2D eigenvalue weighted by molar-refractivity contribution is 0.703. The first-order chi connectivity index (χ1) is 9.15. The van der Waals surface area contributed by atoms with Crippen LogP contribution in [-0.4, -0.2) is 19.5 Å². The van der Waals surface area contributed by atoms with Crippen LogP contribution in [0.4, 0.5) is 5.82 Å². The molecule has 0 saturated heterocycles. The fourth-order valence-corrected chi connectivity index (χ4v) is 2.09. The van der Waals surface area contributed by atoms with E-state index in [1.807, 2.05) is 19.3 Å². The van der Waals surface area contributed by atoms with Crippen LogP contribution in [0.15, 0.2) is 12.4 Å². The molecule has 0 aliphatic carbocycles. The third-order valence-electron chi connectivity index (χ3n) is 3.27. The van der Waals surface area contributed by atoms with E-state index in [4.69, 9.17) is 5.73 Å². The van der Waals surface area contributed by atoms with E-state index < -0.39 is 0 Å². The Labute approximate surface area is 113 Å². The molecule has 0 unspecified atom stereocenters. The molecule has 0 aromatic carbocycles. The van der Waals surface area contributed by atoms with Gasteiger partial charge in [0.2, 0.25) is 0 Å². The Morgan fingerprint density at radius 3 is 2.74 bits per heavy atom. The van der Waals surface area contributed by atoms with E-state index in [-0.39, 0.29) is 0 Å². The molecule has 2 N–H and O–H groups in total. The molecule has 0 fully saturated rings. The second-order valence-electron chi connectivity index (χ2n) is 4.65. The smallest absolute Gasteiger partial charge is 0.131 e. The molecule has 0 aliphatic heterocycles. The van der Waals surface area contributed by atoms with E-state index in [2.05, 4.69) is 33.4 Å². The summed E-state index contributed by atoms with van der Waals surface area (Å²) in [5.41, 5.74) is 7.92. The predicted octanol–water partition coefficient (Wildman–Crippen LogP) is 2.13. The molecule has 0 bridgehead atoms. The Balaban J connectivity index is 2.33. The molecule has 0 saturated carbocycles. The summed E-state index contributed by atoms with van der Waals surface area (Å²) in [7, 11) is 0. The van der Waals surface area contributed by atoms with Gasteiger partial charge in [0.15, 0.2) is 0 Å². The molecule has 5 nitrogen and oxygen atoms in total. The Morgan fingerprint density at radius 2 is 2.05 bits per heavy atom. The Hall–Kier alpha value is -1.91. The van der Waals surface area contributed by atoms with Crippen LogP contribution in [0.2, 0.25) is 0 Å². The summed E-state index contributed by atoms with van der Waals surface area (Å²) in [6, 6.07) is 0. The molecule has 2 aromatic rings. The first-order valence-corrected chi connectivity index (χ1v) is 6.77. The highest BCUT2D eigenvalue weighted by molar-refractivity contribution is 5.42. The Morgan fingerprint density at radius 1 is 1.26 bits per heavy atom. The largest absolute Gasteiger partial charge is 0.383 e. The fraction of sp³-hybridized carbons (Fsp3) is 0.500. The standard InChI is InChI=1S/C14H21N5/c1-4-6-12-17-11(10(3)14(15)18-12)9-13-16-7-8-19(13)5-2/h7-8H,4-6,9H2,1-3H3,(H2,15,17,18).